The topological polar surface area (TPSA) is 92.8 Å². The first-order valence-corrected chi connectivity index (χ1v) is 11.2. The summed E-state index contributed by atoms with van der Waals surface area (Å²) < 4.78 is 10.9. The summed E-state index contributed by atoms with van der Waals surface area (Å²) >= 11 is 1.40. The third-order valence-electron chi connectivity index (χ3n) is 4.96. The Morgan fingerprint density at radius 2 is 1.94 bits per heavy atom. The van der Waals surface area contributed by atoms with E-state index in [0.29, 0.717) is 10.9 Å². The van der Waals surface area contributed by atoms with Crippen LogP contribution in [0.4, 0.5) is 5.13 Å². The highest BCUT2D eigenvalue weighted by atomic mass is 32.1. The Morgan fingerprint density at radius 3 is 2.55 bits per heavy atom. The second-order valence-electron chi connectivity index (χ2n) is 7.87. The third-order valence-corrected chi connectivity index (χ3v) is 5.77. The van der Waals surface area contributed by atoms with Crippen molar-refractivity contribution in [1.82, 2.24) is 15.2 Å². The lowest BCUT2D eigenvalue weighted by Gasteiger charge is -2.34. The Kier molecular flexibility index (Phi) is 8.00. The van der Waals surface area contributed by atoms with Crippen molar-refractivity contribution in [3.8, 4) is 5.75 Å². The number of benzene rings is 1. The van der Waals surface area contributed by atoms with Crippen LogP contribution in [0.15, 0.2) is 29.6 Å². The fourth-order valence-electron chi connectivity index (χ4n) is 3.77. The number of hydrogen-bond acceptors (Lipinski definition) is 7. The Hall–Kier alpha value is -2.49. The molecule has 1 fully saturated rings. The van der Waals surface area contributed by atoms with Crippen molar-refractivity contribution in [3.63, 3.8) is 0 Å². The molecule has 0 bridgehead atoms. The zero-order chi connectivity index (χ0) is 22.4. The number of carbonyl (C=O) groups excluding carboxylic acids is 2. The first-order valence-electron chi connectivity index (χ1n) is 10.4. The number of carbonyl (C=O) groups is 2. The summed E-state index contributed by atoms with van der Waals surface area (Å²) in [5.74, 6) is 0.317. The number of rotatable bonds is 8. The van der Waals surface area contributed by atoms with Gasteiger partial charge in [0.2, 0.25) is 11.8 Å². The van der Waals surface area contributed by atoms with E-state index in [1.165, 1.54) is 18.3 Å². The van der Waals surface area contributed by atoms with E-state index in [2.05, 4.69) is 34.4 Å². The van der Waals surface area contributed by atoms with Crippen molar-refractivity contribution >= 4 is 28.3 Å². The minimum Gasteiger partial charge on any atom is -0.497 e. The van der Waals surface area contributed by atoms with Gasteiger partial charge in [0, 0.05) is 31.9 Å². The Morgan fingerprint density at radius 1 is 1.26 bits per heavy atom. The SMILES string of the molecule is COc1ccc([C@H](CC(=O)Nc2nc(CN3C[C@H](C)O[C@@H](C)C3)cs2)NC(C)=O)cc1. The number of methoxy groups -OCH3 is 1. The molecular weight excluding hydrogens is 416 g/mol. The number of nitrogens with one attached hydrogen (secondary N) is 2. The normalized spacial score (nSPS) is 20.1. The average molecular weight is 447 g/mol. The van der Waals surface area contributed by atoms with Gasteiger partial charge in [-0.2, -0.15) is 0 Å². The van der Waals surface area contributed by atoms with E-state index in [1.54, 1.807) is 7.11 Å². The van der Waals surface area contributed by atoms with Gasteiger partial charge in [0.1, 0.15) is 5.75 Å². The molecule has 2 N–H and O–H groups in total. The van der Waals surface area contributed by atoms with E-state index in [9.17, 15) is 9.59 Å². The number of morpholine rings is 1. The van der Waals surface area contributed by atoms with Crippen LogP contribution in [0.3, 0.4) is 0 Å². The minimum atomic E-state index is -0.431. The van der Waals surface area contributed by atoms with Gasteiger partial charge in [-0.1, -0.05) is 12.1 Å². The monoisotopic (exact) mass is 446 g/mol. The highest BCUT2D eigenvalue weighted by Crippen LogP contribution is 2.23. The molecule has 1 saturated heterocycles. The molecule has 8 nitrogen and oxygen atoms in total. The predicted octanol–water partition coefficient (Wildman–Crippen LogP) is 2.97. The molecule has 0 saturated carbocycles. The van der Waals surface area contributed by atoms with Gasteiger partial charge in [-0.05, 0) is 31.5 Å². The number of hydrogen-bond donors (Lipinski definition) is 2. The van der Waals surface area contributed by atoms with Gasteiger partial charge in [0.25, 0.3) is 0 Å². The molecule has 0 radical (unpaired) electrons. The molecular formula is C22H30N4O4S. The Bertz CT molecular complexity index is 876. The smallest absolute Gasteiger partial charge is 0.228 e. The number of amides is 2. The summed E-state index contributed by atoms with van der Waals surface area (Å²) in [5.41, 5.74) is 1.76. The predicted molar refractivity (Wildman–Crippen MR) is 120 cm³/mol. The fraction of sp³-hybridized carbons (Fsp3) is 0.500. The Balaban J connectivity index is 1.58. The molecule has 1 aliphatic heterocycles. The van der Waals surface area contributed by atoms with Crippen LogP contribution in [0.25, 0.3) is 0 Å². The molecule has 9 heteroatoms. The number of anilines is 1. The van der Waals surface area contributed by atoms with Crippen molar-refractivity contribution in [3.05, 3.63) is 40.9 Å². The molecule has 168 valence electrons. The van der Waals surface area contributed by atoms with E-state index in [1.807, 2.05) is 29.6 Å². The molecule has 0 spiro atoms. The maximum absolute atomic E-state index is 12.6. The van der Waals surface area contributed by atoms with E-state index >= 15 is 0 Å². The third kappa shape index (κ3) is 7.02. The molecule has 0 unspecified atom stereocenters. The van der Waals surface area contributed by atoms with E-state index < -0.39 is 6.04 Å². The first-order chi connectivity index (χ1) is 14.8. The lowest BCUT2D eigenvalue weighted by molar-refractivity contribution is -0.120. The zero-order valence-corrected chi connectivity index (χ0v) is 19.2. The van der Waals surface area contributed by atoms with Crippen LogP contribution in [-0.4, -0.2) is 54.1 Å². The van der Waals surface area contributed by atoms with Crippen molar-refractivity contribution in [1.29, 1.82) is 0 Å². The van der Waals surface area contributed by atoms with Crippen molar-refractivity contribution in [2.45, 2.75) is 52.0 Å². The standard InChI is InChI=1S/C22H30N4O4S/c1-14-10-26(11-15(2)30-14)12-18-13-31-22(24-18)25-21(28)9-20(23-16(3)27)17-5-7-19(29-4)8-6-17/h5-8,13-15,20H,9-12H2,1-4H3,(H,23,27)(H,24,25,28)/t14-,15-,20-/m0/s1. The van der Waals surface area contributed by atoms with Crippen LogP contribution < -0.4 is 15.4 Å². The zero-order valence-electron chi connectivity index (χ0n) is 18.4. The molecule has 1 aromatic heterocycles. The molecule has 2 amide bonds. The highest BCUT2D eigenvalue weighted by molar-refractivity contribution is 7.13. The molecule has 3 atom stereocenters. The quantitative estimate of drug-likeness (QED) is 0.648. The first kappa shape index (κ1) is 23.2. The molecule has 1 aromatic carbocycles. The lowest BCUT2D eigenvalue weighted by Crippen LogP contribution is -2.44. The molecule has 3 rings (SSSR count). The van der Waals surface area contributed by atoms with Gasteiger partial charge >= 0.3 is 0 Å². The van der Waals surface area contributed by atoms with Gasteiger partial charge in [0.15, 0.2) is 5.13 Å². The molecule has 2 aromatic rings. The van der Waals surface area contributed by atoms with E-state index in [0.717, 1.165) is 30.9 Å². The lowest BCUT2D eigenvalue weighted by atomic mass is 10.0. The van der Waals surface area contributed by atoms with Crippen molar-refractivity contribution in [2.75, 3.05) is 25.5 Å². The van der Waals surface area contributed by atoms with Gasteiger partial charge in [-0.25, -0.2) is 4.98 Å². The van der Waals surface area contributed by atoms with Crippen LogP contribution in [0.2, 0.25) is 0 Å². The average Bonchev–Trinajstić information content (AvgIpc) is 3.13. The van der Waals surface area contributed by atoms with Gasteiger partial charge < -0.3 is 20.1 Å². The molecule has 2 heterocycles. The van der Waals surface area contributed by atoms with Crippen LogP contribution in [0.1, 0.15) is 44.5 Å². The van der Waals surface area contributed by atoms with E-state index in [-0.39, 0.29) is 30.4 Å². The van der Waals surface area contributed by atoms with Gasteiger partial charge in [0.05, 0.1) is 37.5 Å². The second kappa shape index (κ2) is 10.7. The fourth-order valence-corrected chi connectivity index (χ4v) is 4.49. The molecule has 0 aliphatic carbocycles. The van der Waals surface area contributed by atoms with Crippen molar-refractivity contribution < 1.29 is 19.1 Å². The number of thiazole rings is 1. The minimum absolute atomic E-state index is 0.110. The van der Waals surface area contributed by atoms with Crippen LogP contribution >= 0.6 is 11.3 Å². The molecule has 31 heavy (non-hydrogen) atoms. The summed E-state index contributed by atoms with van der Waals surface area (Å²) in [4.78, 5) is 31.2. The largest absolute Gasteiger partial charge is 0.497 e. The summed E-state index contributed by atoms with van der Waals surface area (Å²) in [6.45, 7) is 8.04. The number of nitrogens with zero attached hydrogens (tertiary/aromatic N) is 2. The van der Waals surface area contributed by atoms with E-state index in [4.69, 9.17) is 9.47 Å². The Labute approximate surface area is 186 Å². The highest BCUT2D eigenvalue weighted by Gasteiger charge is 2.23. The summed E-state index contributed by atoms with van der Waals surface area (Å²) in [5, 5.41) is 8.23. The molecule has 1 aliphatic rings. The van der Waals surface area contributed by atoms with Crippen molar-refractivity contribution in [2.24, 2.45) is 0 Å². The van der Waals surface area contributed by atoms with Gasteiger partial charge in [-0.3, -0.25) is 14.5 Å². The number of ether oxygens (including phenoxy) is 2. The maximum atomic E-state index is 12.6. The number of aromatic nitrogens is 1. The van der Waals surface area contributed by atoms with Crippen LogP contribution in [0.5, 0.6) is 5.75 Å². The second-order valence-corrected chi connectivity index (χ2v) is 8.73. The van der Waals surface area contributed by atoms with Gasteiger partial charge in [-0.15, -0.1) is 11.3 Å². The van der Waals surface area contributed by atoms with Crippen LogP contribution in [0, 0.1) is 0 Å². The summed E-state index contributed by atoms with van der Waals surface area (Å²) in [6.07, 6.45) is 0.509. The summed E-state index contributed by atoms with van der Waals surface area (Å²) in [6, 6.07) is 6.88. The summed E-state index contributed by atoms with van der Waals surface area (Å²) in [7, 11) is 1.59. The van der Waals surface area contributed by atoms with Crippen LogP contribution in [-0.2, 0) is 20.9 Å². The maximum Gasteiger partial charge on any atom is 0.228 e.